The van der Waals surface area contributed by atoms with E-state index in [9.17, 15) is 9.59 Å². The lowest BCUT2D eigenvalue weighted by atomic mass is 10.0. The van der Waals surface area contributed by atoms with Crippen LogP contribution in [0.3, 0.4) is 0 Å². The molecule has 2 aliphatic rings. The van der Waals surface area contributed by atoms with Gasteiger partial charge in [0.05, 0.1) is 5.92 Å². The number of rotatable bonds is 4. The largest absolute Gasteiger partial charge is 0.460 e. The van der Waals surface area contributed by atoms with Gasteiger partial charge in [0.15, 0.2) is 0 Å². The number of carbonyl (C=O) groups is 2. The predicted octanol–water partition coefficient (Wildman–Crippen LogP) is 3.62. The van der Waals surface area contributed by atoms with Crippen molar-refractivity contribution in [1.29, 1.82) is 0 Å². The SMILES string of the molecule is CC(C)(C)OC(=O)[C@H]1C[C@@H]1C1CCN(C(=O)OCc2ccccc2)C1. The summed E-state index contributed by atoms with van der Waals surface area (Å²) in [5, 5.41) is 0. The minimum absolute atomic E-state index is 0.00418. The highest BCUT2D eigenvalue weighted by molar-refractivity contribution is 5.76. The molecule has 0 N–H and O–H groups in total. The highest BCUT2D eigenvalue weighted by Gasteiger charge is 2.51. The van der Waals surface area contributed by atoms with Crippen LogP contribution >= 0.6 is 0 Å². The summed E-state index contributed by atoms with van der Waals surface area (Å²) in [4.78, 5) is 26.1. The molecule has 1 saturated heterocycles. The molecular weight excluding hydrogens is 318 g/mol. The third-order valence-corrected chi connectivity index (χ3v) is 4.84. The van der Waals surface area contributed by atoms with Crippen LogP contribution in [-0.4, -0.2) is 35.7 Å². The molecule has 136 valence electrons. The minimum atomic E-state index is -0.437. The Bertz CT molecular complexity index is 622. The van der Waals surface area contributed by atoms with Gasteiger partial charge in [0.25, 0.3) is 0 Å². The Labute approximate surface area is 149 Å². The zero-order valence-electron chi connectivity index (χ0n) is 15.2. The first-order valence-electron chi connectivity index (χ1n) is 9.02. The summed E-state index contributed by atoms with van der Waals surface area (Å²) >= 11 is 0. The van der Waals surface area contributed by atoms with Crippen LogP contribution in [0.25, 0.3) is 0 Å². The van der Waals surface area contributed by atoms with E-state index in [1.165, 1.54) is 0 Å². The number of ether oxygens (including phenoxy) is 2. The van der Waals surface area contributed by atoms with E-state index in [2.05, 4.69) is 0 Å². The molecule has 5 nitrogen and oxygen atoms in total. The predicted molar refractivity (Wildman–Crippen MR) is 93.7 cm³/mol. The van der Waals surface area contributed by atoms with E-state index in [0.29, 0.717) is 31.5 Å². The van der Waals surface area contributed by atoms with Gasteiger partial charge in [-0.2, -0.15) is 0 Å². The fourth-order valence-electron chi connectivity index (χ4n) is 3.50. The number of benzene rings is 1. The van der Waals surface area contributed by atoms with E-state index >= 15 is 0 Å². The van der Waals surface area contributed by atoms with E-state index < -0.39 is 5.60 Å². The minimum Gasteiger partial charge on any atom is -0.460 e. The lowest BCUT2D eigenvalue weighted by molar-refractivity contribution is -0.157. The van der Waals surface area contributed by atoms with Gasteiger partial charge in [0, 0.05) is 13.1 Å². The molecule has 1 saturated carbocycles. The zero-order chi connectivity index (χ0) is 18.0. The van der Waals surface area contributed by atoms with E-state index in [1.807, 2.05) is 51.1 Å². The van der Waals surface area contributed by atoms with Crippen LogP contribution in [0.1, 0.15) is 39.2 Å². The summed E-state index contributed by atoms with van der Waals surface area (Å²) in [7, 11) is 0. The van der Waals surface area contributed by atoms with E-state index in [4.69, 9.17) is 9.47 Å². The van der Waals surface area contributed by atoms with Crippen LogP contribution in [0.5, 0.6) is 0 Å². The van der Waals surface area contributed by atoms with E-state index in [-0.39, 0.29) is 18.0 Å². The summed E-state index contributed by atoms with van der Waals surface area (Å²) < 4.78 is 10.9. The molecule has 0 radical (unpaired) electrons. The zero-order valence-corrected chi connectivity index (χ0v) is 15.2. The summed E-state index contributed by atoms with van der Waals surface area (Å²) in [6.07, 6.45) is 1.55. The second-order valence-electron chi connectivity index (χ2n) is 8.07. The normalized spacial score (nSPS) is 25.6. The lowest BCUT2D eigenvalue weighted by Gasteiger charge is -2.20. The summed E-state index contributed by atoms with van der Waals surface area (Å²) in [5.41, 5.74) is 0.548. The monoisotopic (exact) mass is 345 g/mol. The number of hydrogen-bond acceptors (Lipinski definition) is 4. The van der Waals surface area contributed by atoms with Gasteiger partial charge in [0.1, 0.15) is 12.2 Å². The average molecular weight is 345 g/mol. The second kappa shape index (κ2) is 7.06. The van der Waals surface area contributed by atoms with Gasteiger partial charge >= 0.3 is 12.1 Å². The van der Waals surface area contributed by atoms with Gasteiger partial charge in [-0.25, -0.2) is 4.79 Å². The summed E-state index contributed by atoms with van der Waals surface area (Å²) in [6.45, 7) is 7.35. The number of nitrogens with zero attached hydrogens (tertiary/aromatic N) is 1. The van der Waals surface area contributed by atoms with Crippen molar-refractivity contribution in [2.24, 2.45) is 17.8 Å². The van der Waals surface area contributed by atoms with Crippen LogP contribution in [0.15, 0.2) is 30.3 Å². The molecule has 3 atom stereocenters. The maximum atomic E-state index is 12.2. The molecule has 1 aliphatic heterocycles. The Kier molecular flexibility index (Phi) is 5.02. The van der Waals surface area contributed by atoms with Crippen molar-refractivity contribution in [2.75, 3.05) is 13.1 Å². The maximum Gasteiger partial charge on any atom is 0.410 e. The second-order valence-corrected chi connectivity index (χ2v) is 8.07. The third-order valence-electron chi connectivity index (χ3n) is 4.84. The van der Waals surface area contributed by atoms with Crippen molar-refractivity contribution in [3.63, 3.8) is 0 Å². The van der Waals surface area contributed by atoms with Crippen LogP contribution in [-0.2, 0) is 20.9 Å². The molecule has 1 unspecified atom stereocenters. The van der Waals surface area contributed by atoms with Crippen molar-refractivity contribution in [2.45, 2.75) is 45.8 Å². The van der Waals surface area contributed by atoms with Crippen molar-refractivity contribution < 1.29 is 19.1 Å². The summed E-state index contributed by atoms with van der Waals surface area (Å²) in [5.74, 6) is 0.635. The van der Waals surface area contributed by atoms with Gasteiger partial charge in [0.2, 0.25) is 0 Å². The highest BCUT2D eigenvalue weighted by Crippen LogP contribution is 2.48. The summed E-state index contributed by atoms with van der Waals surface area (Å²) in [6, 6.07) is 9.68. The van der Waals surface area contributed by atoms with Crippen LogP contribution in [0, 0.1) is 17.8 Å². The molecule has 3 rings (SSSR count). The van der Waals surface area contributed by atoms with Gasteiger partial charge < -0.3 is 14.4 Å². The Morgan fingerprint density at radius 1 is 1.20 bits per heavy atom. The first-order valence-corrected chi connectivity index (χ1v) is 9.02. The van der Waals surface area contributed by atoms with Gasteiger partial charge in [-0.05, 0) is 51.0 Å². The molecule has 1 aliphatic carbocycles. The first kappa shape index (κ1) is 17.8. The van der Waals surface area contributed by atoms with Gasteiger partial charge in [-0.3, -0.25) is 4.79 Å². The Morgan fingerprint density at radius 2 is 1.92 bits per heavy atom. The molecule has 1 amide bonds. The highest BCUT2D eigenvalue weighted by atomic mass is 16.6. The average Bonchev–Trinajstić information content (AvgIpc) is 3.21. The molecular formula is C20H27NO4. The quantitative estimate of drug-likeness (QED) is 0.782. The molecule has 1 aromatic carbocycles. The van der Waals surface area contributed by atoms with Crippen molar-refractivity contribution in [1.82, 2.24) is 4.90 Å². The topological polar surface area (TPSA) is 55.8 Å². The molecule has 25 heavy (non-hydrogen) atoms. The fourth-order valence-corrected chi connectivity index (χ4v) is 3.50. The standard InChI is InChI=1S/C20H27NO4/c1-20(2,3)25-18(22)17-11-16(17)15-9-10-21(12-15)19(23)24-13-14-7-5-4-6-8-14/h4-8,15-17H,9-13H2,1-3H3/t15?,16-,17+/m1/s1. The number of esters is 1. The molecule has 1 aromatic rings. The number of hydrogen-bond donors (Lipinski definition) is 0. The third kappa shape index (κ3) is 4.74. The number of amides is 1. The van der Waals surface area contributed by atoms with Crippen molar-refractivity contribution >= 4 is 12.1 Å². The van der Waals surface area contributed by atoms with Crippen LogP contribution in [0.2, 0.25) is 0 Å². The molecule has 0 aromatic heterocycles. The Morgan fingerprint density at radius 3 is 2.60 bits per heavy atom. The Balaban J connectivity index is 1.43. The number of carbonyl (C=O) groups excluding carboxylic acids is 2. The van der Waals surface area contributed by atoms with Crippen molar-refractivity contribution in [3.8, 4) is 0 Å². The van der Waals surface area contributed by atoms with Crippen LogP contribution < -0.4 is 0 Å². The number of likely N-dealkylation sites (tertiary alicyclic amines) is 1. The molecule has 5 heteroatoms. The van der Waals surface area contributed by atoms with Gasteiger partial charge in [-0.1, -0.05) is 30.3 Å². The maximum absolute atomic E-state index is 12.2. The fraction of sp³-hybridized carbons (Fsp3) is 0.600. The molecule has 0 bridgehead atoms. The molecule has 0 spiro atoms. The van der Waals surface area contributed by atoms with Gasteiger partial charge in [-0.15, -0.1) is 0 Å². The Hall–Kier alpha value is -2.04. The lowest BCUT2D eigenvalue weighted by Crippen LogP contribution is -2.30. The van der Waals surface area contributed by atoms with E-state index in [1.54, 1.807) is 4.90 Å². The molecule has 1 heterocycles. The van der Waals surface area contributed by atoms with E-state index in [0.717, 1.165) is 18.4 Å². The first-order chi connectivity index (χ1) is 11.8. The van der Waals surface area contributed by atoms with Crippen LogP contribution in [0.4, 0.5) is 4.79 Å². The molecule has 2 fully saturated rings. The van der Waals surface area contributed by atoms with Crippen molar-refractivity contribution in [3.05, 3.63) is 35.9 Å². The smallest absolute Gasteiger partial charge is 0.410 e.